The molecule has 18 heavy (non-hydrogen) atoms. The first-order valence-electron chi connectivity index (χ1n) is 7.13. The van der Waals surface area contributed by atoms with Gasteiger partial charge in [-0.05, 0) is 46.7 Å². The predicted molar refractivity (Wildman–Crippen MR) is 74.9 cm³/mol. The average molecular weight is 258 g/mol. The second-order valence-corrected chi connectivity index (χ2v) is 6.02. The monoisotopic (exact) mass is 258 g/mol. The van der Waals surface area contributed by atoms with Gasteiger partial charge in [-0.2, -0.15) is 0 Å². The normalized spacial score (nSPS) is 22.3. The van der Waals surface area contributed by atoms with Crippen LogP contribution in [0.2, 0.25) is 0 Å². The van der Waals surface area contributed by atoms with E-state index in [2.05, 4.69) is 24.1 Å². The summed E-state index contributed by atoms with van der Waals surface area (Å²) in [5.74, 6) is 0. The van der Waals surface area contributed by atoms with Gasteiger partial charge in [0.2, 0.25) is 0 Å². The number of nitrogens with zero attached hydrogens (tertiary/aromatic N) is 1. The lowest BCUT2D eigenvalue weighted by atomic mass is 9.99. The van der Waals surface area contributed by atoms with Crippen LogP contribution in [0.3, 0.4) is 0 Å². The molecule has 1 aliphatic heterocycles. The van der Waals surface area contributed by atoms with Gasteiger partial charge in [-0.3, -0.25) is 0 Å². The highest BCUT2D eigenvalue weighted by Gasteiger charge is 2.24. The van der Waals surface area contributed by atoms with E-state index in [4.69, 9.17) is 4.74 Å². The van der Waals surface area contributed by atoms with Crippen LogP contribution in [0, 0.1) is 0 Å². The molecule has 0 aromatic heterocycles. The first-order chi connectivity index (χ1) is 8.44. The molecule has 4 nitrogen and oxygen atoms in total. The van der Waals surface area contributed by atoms with Crippen molar-refractivity contribution in [3.8, 4) is 0 Å². The fourth-order valence-corrected chi connectivity index (χ4v) is 2.39. The van der Waals surface area contributed by atoms with Crippen molar-refractivity contribution >= 4 is 0 Å². The van der Waals surface area contributed by atoms with Gasteiger partial charge in [0.25, 0.3) is 0 Å². The zero-order valence-corrected chi connectivity index (χ0v) is 12.4. The maximum atomic E-state index is 10.2. The lowest BCUT2D eigenvalue weighted by Crippen LogP contribution is -2.49. The molecule has 4 heteroatoms. The third kappa shape index (κ3) is 5.65. The molecule has 1 fully saturated rings. The summed E-state index contributed by atoms with van der Waals surface area (Å²) in [6.45, 7) is 9.98. The topological polar surface area (TPSA) is 44.7 Å². The van der Waals surface area contributed by atoms with Crippen molar-refractivity contribution in [2.24, 2.45) is 0 Å². The zero-order valence-electron chi connectivity index (χ0n) is 12.4. The molecular formula is C14H30N2O2. The molecular weight excluding hydrogens is 228 g/mol. The number of likely N-dealkylation sites (tertiary alicyclic amines) is 1. The van der Waals surface area contributed by atoms with E-state index in [1.54, 1.807) is 7.11 Å². The number of rotatable bonds is 7. The summed E-state index contributed by atoms with van der Waals surface area (Å²) in [5, 5.41) is 13.7. The van der Waals surface area contributed by atoms with Crippen molar-refractivity contribution in [1.82, 2.24) is 10.2 Å². The third-order valence-corrected chi connectivity index (χ3v) is 3.88. The summed E-state index contributed by atoms with van der Waals surface area (Å²) >= 11 is 0. The Bertz CT molecular complexity index is 224. The van der Waals surface area contributed by atoms with Crippen molar-refractivity contribution in [3.63, 3.8) is 0 Å². The molecule has 1 saturated heterocycles. The highest BCUT2D eigenvalue weighted by molar-refractivity contribution is 4.82. The molecule has 1 rings (SSSR count). The average Bonchev–Trinajstić information content (AvgIpc) is 2.35. The summed E-state index contributed by atoms with van der Waals surface area (Å²) in [6.07, 6.45) is 3.04. The SMILES string of the molecule is COCCC(C)(O)CNC1CCN(C(C)C)CC1. The Morgan fingerprint density at radius 3 is 2.50 bits per heavy atom. The first kappa shape index (κ1) is 15.9. The van der Waals surface area contributed by atoms with Crippen molar-refractivity contribution in [1.29, 1.82) is 0 Å². The molecule has 0 spiro atoms. The van der Waals surface area contributed by atoms with Gasteiger partial charge in [-0.25, -0.2) is 0 Å². The summed E-state index contributed by atoms with van der Waals surface area (Å²) in [6, 6.07) is 1.20. The van der Waals surface area contributed by atoms with Crippen LogP contribution >= 0.6 is 0 Å². The molecule has 0 aromatic carbocycles. The lowest BCUT2D eigenvalue weighted by Gasteiger charge is -2.36. The lowest BCUT2D eigenvalue weighted by molar-refractivity contribution is 0.0202. The van der Waals surface area contributed by atoms with Crippen LogP contribution in [0.25, 0.3) is 0 Å². The molecule has 0 saturated carbocycles. The van der Waals surface area contributed by atoms with Gasteiger partial charge in [-0.1, -0.05) is 0 Å². The quantitative estimate of drug-likeness (QED) is 0.721. The second kappa shape index (κ2) is 7.43. The van der Waals surface area contributed by atoms with Crippen LogP contribution in [0.4, 0.5) is 0 Å². The Morgan fingerprint density at radius 2 is 2.00 bits per heavy atom. The van der Waals surface area contributed by atoms with E-state index in [0.717, 1.165) is 13.1 Å². The summed E-state index contributed by atoms with van der Waals surface area (Å²) in [5.41, 5.74) is -0.662. The Morgan fingerprint density at radius 1 is 1.39 bits per heavy atom. The summed E-state index contributed by atoms with van der Waals surface area (Å²) in [4.78, 5) is 2.52. The maximum absolute atomic E-state index is 10.2. The van der Waals surface area contributed by atoms with Gasteiger partial charge in [0, 0.05) is 38.8 Å². The van der Waals surface area contributed by atoms with Gasteiger partial charge >= 0.3 is 0 Å². The minimum atomic E-state index is -0.662. The Balaban J connectivity index is 2.21. The molecule has 1 unspecified atom stereocenters. The molecule has 0 aliphatic carbocycles. The van der Waals surface area contributed by atoms with E-state index in [0.29, 0.717) is 31.7 Å². The molecule has 1 atom stereocenters. The molecule has 1 aliphatic rings. The van der Waals surface area contributed by atoms with Crippen LogP contribution in [0.5, 0.6) is 0 Å². The van der Waals surface area contributed by atoms with Crippen LogP contribution in [0.15, 0.2) is 0 Å². The highest BCUT2D eigenvalue weighted by atomic mass is 16.5. The highest BCUT2D eigenvalue weighted by Crippen LogP contribution is 2.14. The fourth-order valence-electron chi connectivity index (χ4n) is 2.39. The van der Waals surface area contributed by atoms with Crippen LogP contribution < -0.4 is 5.32 Å². The summed E-state index contributed by atoms with van der Waals surface area (Å²) < 4.78 is 5.02. The number of hydrogen-bond acceptors (Lipinski definition) is 4. The van der Waals surface area contributed by atoms with E-state index in [1.165, 1.54) is 12.8 Å². The van der Waals surface area contributed by atoms with E-state index < -0.39 is 5.60 Å². The Hall–Kier alpha value is -0.160. The Labute approximate surface area is 112 Å². The van der Waals surface area contributed by atoms with Crippen LogP contribution in [0.1, 0.15) is 40.0 Å². The molecule has 0 amide bonds. The molecule has 0 radical (unpaired) electrons. The smallest absolute Gasteiger partial charge is 0.0765 e. The van der Waals surface area contributed by atoms with Gasteiger partial charge in [0.15, 0.2) is 0 Å². The standard InChI is InChI=1S/C14H30N2O2/c1-12(2)16-8-5-13(6-9-16)15-11-14(3,17)7-10-18-4/h12-13,15,17H,5-11H2,1-4H3. The second-order valence-electron chi connectivity index (χ2n) is 6.02. The zero-order chi connectivity index (χ0) is 13.6. The number of hydrogen-bond donors (Lipinski definition) is 2. The fraction of sp³-hybridized carbons (Fsp3) is 1.00. The number of ether oxygens (including phenoxy) is 1. The van der Waals surface area contributed by atoms with Crippen LogP contribution in [-0.4, -0.2) is 61.0 Å². The van der Waals surface area contributed by atoms with Crippen LogP contribution in [-0.2, 0) is 4.74 Å². The van der Waals surface area contributed by atoms with Gasteiger partial charge < -0.3 is 20.1 Å². The molecule has 1 heterocycles. The molecule has 0 bridgehead atoms. The third-order valence-electron chi connectivity index (χ3n) is 3.88. The number of nitrogens with one attached hydrogen (secondary N) is 1. The summed E-state index contributed by atoms with van der Waals surface area (Å²) in [7, 11) is 1.67. The molecule has 0 aromatic rings. The van der Waals surface area contributed by atoms with E-state index in [9.17, 15) is 5.11 Å². The minimum absolute atomic E-state index is 0.550. The molecule has 2 N–H and O–H groups in total. The number of aliphatic hydroxyl groups is 1. The van der Waals surface area contributed by atoms with E-state index in [-0.39, 0.29) is 0 Å². The van der Waals surface area contributed by atoms with E-state index in [1.807, 2.05) is 6.92 Å². The van der Waals surface area contributed by atoms with E-state index >= 15 is 0 Å². The number of piperidine rings is 1. The van der Waals surface area contributed by atoms with Crippen molar-refractivity contribution in [2.45, 2.75) is 57.7 Å². The minimum Gasteiger partial charge on any atom is -0.389 e. The van der Waals surface area contributed by atoms with Gasteiger partial charge in [-0.15, -0.1) is 0 Å². The van der Waals surface area contributed by atoms with Crippen molar-refractivity contribution < 1.29 is 9.84 Å². The van der Waals surface area contributed by atoms with Gasteiger partial charge in [0.05, 0.1) is 5.60 Å². The maximum Gasteiger partial charge on any atom is 0.0765 e. The first-order valence-corrected chi connectivity index (χ1v) is 7.13. The number of methoxy groups -OCH3 is 1. The Kier molecular flexibility index (Phi) is 6.57. The largest absolute Gasteiger partial charge is 0.389 e. The predicted octanol–water partition coefficient (Wildman–Crippen LogP) is 1.24. The van der Waals surface area contributed by atoms with Crippen molar-refractivity contribution in [2.75, 3.05) is 33.4 Å². The molecule has 108 valence electrons. The van der Waals surface area contributed by atoms with Crippen molar-refractivity contribution in [3.05, 3.63) is 0 Å². The van der Waals surface area contributed by atoms with Gasteiger partial charge in [0.1, 0.15) is 0 Å².